The minimum absolute atomic E-state index is 0.103. The van der Waals surface area contributed by atoms with Gasteiger partial charge >= 0.3 is 5.97 Å². The number of hydrogen-bond acceptors (Lipinski definition) is 4. The highest BCUT2D eigenvalue weighted by Crippen LogP contribution is 2.31. The van der Waals surface area contributed by atoms with E-state index in [-0.39, 0.29) is 15.9 Å². The molecule has 0 aliphatic rings. The maximum Gasteiger partial charge on any atom is 0.348 e. The molecule has 5 nitrogen and oxygen atoms in total. The van der Waals surface area contributed by atoms with Gasteiger partial charge in [0.05, 0.1) is 5.69 Å². The van der Waals surface area contributed by atoms with Crippen LogP contribution in [0.15, 0.2) is 28.7 Å². The van der Waals surface area contributed by atoms with Gasteiger partial charge in [-0.15, -0.1) is 0 Å². The van der Waals surface area contributed by atoms with Crippen LogP contribution in [0.3, 0.4) is 0 Å². The molecule has 0 aliphatic heterocycles. The summed E-state index contributed by atoms with van der Waals surface area (Å²) in [5.41, 5.74) is 1.04. The molecule has 1 heterocycles. The van der Waals surface area contributed by atoms with E-state index in [1.807, 2.05) is 0 Å². The summed E-state index contributed by atoms with van der Waals surface area (Å²) in [6, 6.07) is 7.14. The van der Waals surface area contributed by atoms with Gasteiger partial charge in [-0.1, -0.05) is 39.4 Å². The van der Waals surface area contributed by atoms with Crippen molar-refractivity contribution in [1.82, 2.24) is 4.98 Å². The molecule has 0 aliphatic carbocycles. The van der Waals surface area contributed by atoms with Gasteiger partial charge in [-0.3, -0.25) is 4.79 Å². The number of thiazole rings is 1. The molecule has 1 amide bonds. The maximum atomic E-state index is 11.2. The second-order valence-electron chi connectivity index (χ2n) is 3.69. The lowest BCUT2D eigenvalue weighted by molar-refractivity contribution is -0.114. The molecule has 1 aromatic carbocycles. The van der Waals surface area contributed by atoms with Crippen LogP contribution >= 0.6 is 27.3 Å². The highest BCUT2D eigenvalue weighted by atomic mass is 79.9. The van der Waals surface area contributed by atoms with Crippen LogP contribution in [-0.4, -0.2) is 22.0 Å². The van der Waals surface area contributed by atoms with Gasteiger partial charge in [-0.05, 0) is 12.1 Å². The van der Waals surface area contributed by atoms with E-state index in [1.54, 1.807) is 24.3 Å². The van der Waals surface area contributed by atoms with Gasteiger partial charge in [0.1, 0.15) is 4.88 Å². The summed E-state index contributed by atoms with van der Waals surface area (Å²) < 4.78 is 0.894. The molecule has 0 fully saturated rings. The van der Waals surface area contributed by atoms with E-state index in [0.29, 0.717) is 11.3 Å². The maximum absolute atomic E-state index is 11.2. The average molecular weight is 341 g/mol. The van der Waals surface area contributed by atoms with Crippen LogP contribution in [-0.2, 0) is 4.79 Å². The topological polar surface area (TPSA) is 79.3 Å². The van der Waals surface area contributed by atoms with Crippen LogP contribution < -0.4 is 5.32 Å². The normalized spacial score (nSPS) is 10.2. The molecule has 0 spiro atoms. The Morgan fingerprint density at radius 2 is 1.95 bits per heavy atom. The van der Waals surface area contributed by atoms with Crippen molar-refractivity contribution >= 4 is 44.3 Å². The summed E-state index contributed by atoms with van der Waals surface area (Å²) in [5, 5.41) is 12.0. The van der Waals surface area contributed by atoms with Gasteiger partial charge in [0, 0.05) is 17.0 Å². The quantitative estimate of drug-likeness (QED) is 0.898. The van der Waals surface area contributed by atoms with Crippen molar-refractivity contribution in [2.45, 2.75) is 6.92 Å². The second kappa shape index (κ2) is 5.50. The predicted molar refractivity (Wildman–Crippen MR) is 76.5 cm³/mol. The van der Waals surface area contributed by atoms with Crippen LogP contribution in [0, 0.1) is 0 Å². The number of aromatic carboxylic acids is 1. The lowest BCUT2D eigenvalue weighted by atomic mass is 10.1. The highest BCUT2D eigenvalue weighted by Gasteiger charge is 2.19. The van der Waals surface area contributed by atoms with Crippen molar-refractivity contribution in [3.05, 3.63) is 33.6 Å². The van der Waals surface area contributed by atoms with Crippen molar-refractivity contribution in [3.8, 4) is 11.3 Å². The summed E-state index contributed by atoms with van der Waals surface area (Å²) in [7, 11) is 0. The molecule has 7 heteroatoms. The first-order valence-electron chi connectivity index (χ1n) is 5.25. The number of halogens is 1. The molecule has 0 radical (unpaired) electrons. The van der Waals surface area contributed by atoms with E-state index in [2.05, 4.69) is 26.2 Å². The zero-order chi connectivity index (χ0) is 14.0. The van der Waals surface area contributed by atoms with Crippen molar-refractivity contribution in [2.24, 2.45) is 0 Å². The van der Waals surface area contributed by atoms with Crippen LogP contribution in [0.4, 0.5) is 5.13 Å². The van der Waals surface area contributed by atoms with Crippen molar-refractivity contribution in [2.75, 3.05) is 5.32 Å². The fourth-order valence-electron chi connectivity index (χ4n) is 1.47. The van der Waals surface area contributed by atoms with Crippen LogP contribution in [0.5, 0.6) is 0 Å². The minimum Gasteiger partial charge on any atom is -0.477 e. The SMILES string of the molecule is CC(=O)Nc1nc(-c2ccc(Br)cc2)c(C(=O)O)s1. The van der Waals surface area contributed by atoms with Gasteiger partial charge in [0.15, 0.2) is 5.13 Å². The summed E-state index contributed by atoms with van der Waals surface area (Å²) >= 11 is 4.25. The number of anilines is 1. The molecule has 2 rings (SSSR count). The lowest BCUT2D eigenvalue weighted by Crippen LogP contribution is -2.04. The largest absolute Gasteiger partial charge is 0.477 e. The van der Waals surface area contributed by atoms with Crippen LogP contribution in [0.1, 0.15) is 16.6 Å². The first kappa shape index (κ1) is 13.7. The number of aromatic nitrogens is 1. The third kappa shape index (κ3) is 3.18. The first-order valence-corrected chi connectivity index (χ1v) is 6.86. The zero-order valence-electron chi connectivity index (χ0n) is 9.81. The molecule has 2 N–H and O–H groups in total. The zero-order valence-corrected chi connectivity index (χ0v) is 12.2. The summed E-state index contributed by atoms with van der Waals surface area (Å²) in [4.78, 5) is 26.5. The van der Waals surface area contributed by atoms with Gasteiger partial charge in [-0.25, -0.2) is 9.78 Å². The number of carboxylic acid groups (broad SMARTS) is 1. The molecular weight excluding hydrogens is 332 g/mol. The number of amides is 1. The predicted octanol–water partition coefficient (Wildman–Crippen LogP) is 3.23. The number of hydrogen-bond donors (Lipinski definition) is 2. The Kier molecular flexibility index (Phi) is 3.96. The molecule has 98 valence electrons. The molecule has 2 aromatic rings. The van der Waals surface area contributed by atoms with Gasteiger partial charge in [0.2, 0.25) is 5.91 Å². The number of benzene rings is 1. The molecule has 0 saturated heterocycles. The monoisotopic (exact) mass is 340 g/mol. The van der Waals surface area contributed by atoms with E-state index >= 15 is 0 Å². The molecule has 1 aromatic heterocycles. The third-order valence-electron chi connectivity index (χ3n) is 2.22. The molecular formula is C12H9BrN2O3S. The second-order valence-corrected chi connectivity index (χ2v) is 5.60. The Labute approximate surface area is 121 Å². The molecule has 19 heavy (non-hydrogen) atoms. The number of carbonyl (C=O) groups excluding carboxylic acids is 1. The van der Waals surface area contributed by atoms with E-state index in [0.717, 1.165) is 15.8 Å². The van der Waals surface area contributed by atoms with Gasteiger partial charge < -0.3 is 10.4 Å². The lowest BCUT2D eigenvalue weighted by Gasteiger charge is -1.99. The Bertz CT molecular complexity index is 637. The average Bonchev–Trinajstić information content (AvgIpc) is 2.73. The van der Waals surface area contributed by atoms with Gasteiger partial charge in [0.25, 0.3) is 0 Å². The number of nitrogens with zero attached hydrogens (tertiary/aromatic N) is 1. The van der Waals surface area contributed by atoms with Crippen molar-refractivity contribution in [1.29, 1.82) is 0 Å². The van der Waals surface area contributed by atoms with E-state index in [1.165, 1.54) is 6.92 Å². The number of carbonyl (C=O) groups is 2. The van der Waals surface area contributed by atoms with Crippen LogP contribution in [0.2, 0.25) is 0 Å². The highest BCUT2D eigenvalue weighted by molar-refractivity contribution is 9.10. The number of nitrogens with one attached hydrogen (secondary N) is 1. The Morgan fingerprint density at radius 3 is 2.47 bits per heavy atom. The molecule has 0 saturated carbocycles. The van der Waals surface area contributed by atoms with Crippen LogP contribution in [0.25, 0.3) is 11.3 Å². The Balaban J connectivity index is 2.48. The van der Waals surface area contributed by atoms with E-state index < -0.39 is 5.97 Å². The Hall–Kier alpha value is -1.73. The number of carboxylic acids is 1. The van der Waals surface area contributed by atoms with E-state index in [4.69, 9.17) is 0 Å². The number of rotatable bonds is 3. The summed E-state index contributed by atoms with van der Waals surface area (Å²) in [6.45, 7) is 1.35. The van der Waals surface area contributed by atoms with Gasteiger partial charge in [-0.2, -0.15) is 0 Å². The van der Waals surface area contributed by atoms with Crippen molar-refractivity contribution in [3.63, 3.8) is 0 Å². The third-order valence-corrected chi connectivity index (χ3v) is 3.71. The fraction of sp³-hybridized carbons (Fsp3) is 0.0833. The summed E-state index contributed by atoms with van der Waals surface area (Å²) in [6.07, 6.45) is 0. The minimum atomic E-state index is -1.06. The standard InChI is InChI=1S/C12H9BrN2O3S/c1-6(16)14-12-15-9(10(19-12)11(17)18)7-2-4-8(13)5-3-7/h2-5H,1H3,(H,17,18)(H,14,15,16). The summed E-state index contributed by atoms with van der Waals surface area (Å²) in [5.74, 6) is -1.35. The fourth-order valence-corrected chi connectivity index (χ4v) is 2.61. The molecule has 0 atom stereocenters. The van der Waals surface area contributed by atoms with Crippen molar-refractivity contribution < 1.29 is 14.7 Å². The van der Waals surface area contributed by atoms with E-state index in [9.17, 15) is 14.7 Å². The Morgan fingerprint density at radius 1 is 1.32 bits per heavy atom. The molecule has 0 bridgehead atoms. The first-order chi connectivity index (χ1) is 8.97. The molecule has 0 unspecified atom stereocenters. The smallest absolute Gasteiger partial charge is 0.348 e.